The lowest BCUT2D eigenvalue weighted by Gasteiger charge is -2.07. The molecule has 142 valence electrons. The molecule has 0 unspecified atom stereocenters. The molecule has 0 aliphatic rings. The fourth-order valence-corrected chi connectivity index (χ4v) is 2.37. The van der Waals surface area contributed by atoms with Crippen LogP contribution in [0.5, 0.6) is 0 Å². The molecule has 1 aromatic heterocycles. The van der Waals surface area contributed by atoms with E-state index in [9.17, 15) is 4.79 Å². The number of carbonyl (C=O) groups is 1. The fraction of sp³-hybridized carbons (Fsp3) is 0.100. The minimum absolute atomic E-state index is 0.0346. The Morgan fingerprint density at radius 3 is 2.54 bits per heavy atom. The SMILES string of the molecule is Cc1ccc(Nc2nc(N)nc(COC(=O)/C=C/c3ccc(Cl)cc3)n2)cc1. The number of nitrogens with zero attached hydrogens (tertiary/aromatic N) is 3. The number of hydrogen-bond acceptors (Lipinski definition) is 7. The van der Waals surface area contributed by atoms with Crippen molar-refractivity contribution < 1.29 is 9.53 Å². The van der Waals surface area contributed by atoms with Crippen LogP contribution in [0.1, 0.15) is 17.0 Å². The van der Waals surface area contributed by atoms with Crippen LogP contribution in [-0.4, -0.2) is 20.9 Å². The number of benzene rings is 2. The number of esters is 1. The quantitative estimate of drug-likeness (QED) is 0.481. The van der Waals surface area contributed by atoms with Gasteiger partial charge in [0.2, 0.25) is 11.9 Å². The topological polar surface area (TPSA) is 103 Å². The Balaban J connectivity index is 1.60. The molecule has 0 bridgehead atoms. The molecule has 0 aliphatic heterocycles. The second-order valence-corrected chi connectivity index (χ2v) is 6.35. The van der Waals surface area contributed by atoms with Crippen molar-refractivity contribution in [2.75, 3.05) is 11.1 Å². The molecule has 1 heterocycles. The third-order valence-corrected chi connectivity index (χ3v) is 3.88. The molecule has 3 aromatic rings. The number of aryl methyl sites for hydroxylation is 1. The van der Waals surface area contributed by atoms with Crippen LogP contribution >= 0.6 is 11.6 Å². The molecule has 0 atom stereocenters. The first-order valence-electron chi connectivity index (χ1n) is 8.42. The van der Waals surface area contributed by atoms with E-state index in [0.29, 0.717) is 5.02 Å². The average Bonchev–Trinajstić information content (AvgIpc) is 2.67. The molecule has 28 heavy (non-hydrogen) atoms. The van der Waals surface area contributed by atoms with E-state index >= 15 is 0 Å². The molecule has 3 N–H and O–H groups in total. The van der Waals surface area contributed by atoms with Crippen molar-refractivity contribution in [3.8, 4) is 0 Å². The van der Waals surface area contributed by atoms with Crippen LogP contribution in [0, 0.1) is 6.92 Å². The highest BCUT2D eigenvalue weighted by molar-refractivity contribution is 6.30. The molecular weight excluding hydrogens is 378 g/mol. The summed E-state index contributed by atoms with van der Waals surface area (Å²) in [4.78, 5) is 24.1. The Labute approximate surface area is 167 Å². The van der Waals surface area contributed by atoms with Crippen LogP contribution in [0.15, 0.2) is 54.6 Å². The number of halogens is 1. The first-order chi connectivity index (χ1) is 13.5. The zero-order chi connectivity index (χ0) is 19.9. The van der Waals surface area contributed by atoms with Crippen molar-refractivity contribution in [3.63, 3.8) is 0 Å². The number of carbonyl (C=O) groups excluding carboxylic acids is 1. The minimum Gasteiger partial charge on any atom is -0.454 e. The van der Waals surface area contributed by atoms with Crippen molar-refractivity contribution in [2.24, 2.45) is 0 Å². The summed E-state index contributed by atoms with van der Waals surface area (Å²) < 4.78 is 5.16. The van der Waals surface area contributed by atoms with E-state index in [0.717, 1.165) is 16.8 Å². The Morgan fingerprint density at radius 1 is 1.11 bits per heavy atom. The first kappa shape index (κ1) is 19.3. The van der Waals surface area contributed by atoms with Gasteiger partial charge in [-0.2, -0.15) is 15.0 Å². The molecular formula is C20H18ClN5O2. The summed E-state index contributed by atoms with van der Waals surface area (Å²) in [6.07, 6.45) is 2.95. The highest BCUT2D eigenvalue weighted by atomic mass is 35.5. The summed E-state index contributed by atoms with van der Waals surface area (Å²) in [7, 11) is 0. The molecule has 3 rings (SSSR count). The molecule has 7 nitrogen and oxygen atoms in total. The Hall–Kier alpha value is -3.45. The number of anilines is 3. The van der Waals surface area contributed by atoms with Gasteiger partial charge in [0, 0.05) is 16.8 Å². The summed E-state index contributed by atoms with van der Waals surface area (Å²) in [5.74, 6) is 0.0313. The van der Waals surface area contributed by atoms with Crippen LogP contribution in [0.2, 0.25) is 5.02 Å². The monoisotopic (exact) mass is 395 g/mol. The van der Waals surface area contributed by atoms with Gasteiger partial charge in [-0.25, -0.2) is 4.79 Å². The molecule has 0 radical (unpaired) electrons. The summed E-state index contributed by atoms with van der Waals surface area (Å²) in [6, 6.07) is 14.8. The minimum atomic E-state index is -0.526. The van der Waals surface area contributed by atoms with Gasteiger partial charge >= 0.3 is 5.97 Å². The van der Waals surface area contributed by atoms with Gasteiger partial charge in [0.15, 0.2) is 12.4 Å². The zero-order valence-corrected chi connectivity index (χ0v) is 15.8. The average molecular weight is 396 g/mol. The maximum Gasteiger partial charge on any atom is 0.331 e. The van der Waals surface area contributed by atoms with Crippen molar-refractivity contribution in [1.82, 2.24) is 15.0 Å². The van der Waals surface area contributed by atoms with Crippen molar-refractivity contribution in [3.05, 3.63) is 76.6 Å². The van der Waals surface area contributed by atoms with Gasteiger partial charge < -0.3 is 15.8 Å². The lowest BCUT2D eigenvalue weighted by molar-refractivity contribution is -0.139. The third-order valence-electron chi connectivity index (χ3n) is 3.63. The van der Waals surface area contributed by atoms with Crippen LogP contribution in [0.25, 0.3) is 6.08 Å². The highest BCUT2D eigenvalue weighted by Gasteiger charge is 2.07. The number of hydrogen-bond donors (Lipinski definition) is 2. The van der Waals surface area contributed by atoms with Crippen LogP contribution in [-0.2, 0) is 16.1 Å². The smallest absolute Gasteiger partial charge is 0.331 e. The van der Waals surface area contributed by atoms with Crippen molar-refractivity contribution in [1.29, 1.82) is 0 Å². The Bertz CT molecular complexity index is 988. The van der Waals surface area contributed by atoms with Crippen molar-refractivity contribution >= 4 is 41.2 Å². The number of ether oxygens (including phenoxy) is 1. The molecule has 8 heteroatoms. The number of nitrogens with one attached hydrogen (secondary N) is 1. The second kappa shape index (κ2) is 8.96. The largest absolute Gasteiger partial charge is 0.454 e. The first-order valence-corrected chi connectivity index (χ1v) is 8.80. The van der Waals surface area contributed by atoms with Gasteiger partial charge in [0.1, 0.15) is 0 Å². The van der Waals surface area contributed by atoms with E-state index in [1.807, 2.05) is 31.2 Å². The van der Waals surface area contributed by atoms with Crippen molar-refractivity contribution in [2.45, 2.75) is 13.5 Å². The summed E-state index contributed by atoms with van der Waals surface area (Å²) in [6.45, 7) is 1.87. The maximum absolute atomic E-state index is 11.9. The number of nitrogens with two attached hydrogens (primary N) is 1. The van der Waals surface area contributed by atoms with E-state index in [1.165, 1.54) is 6.08 Å². The normalized spacial score (nSPS) is 10.8. The molecule has 0 saturated carbocycles. The molecule has 0 spiro atoms. The zero-order valence-electron chi connectivity index (χ0n) is 15.1. The predicted molar refractivity (Wildman–Crippen MR) is 109 cm³/mol. The Morgan fingerprint density at radius 2 is 1.82 bits per heavy atom. The summed E-state index contributed by atoms with van der Waals surface area (Å²) in [5, 5.41) is 3.67. The molecule has 0 amide bonds. The van der Waals surface area contributed by atoms with E-state index in [1.54, 1.807) is 30.3 Å². The molecule has 0 aliphatic carbocycles. The Kier molecular flexibility index (Phi) is 6.18. The second-order valence-electron chi connectivity index (χ2n) is 5.92. The number of aromatic nitrogens is 3. The van der Waals surface area contributed by atoms with Gasteiger partial charge in [0.25, 0.3) is 0 Å². The number of rotatable bonds is 6. The van der Waals surface area contributed by atoms with Crippen LogP contribution in [0.3, 0.4) is 0 Å². The molecule has 2 aromatic carbocycles. The fourth-order valence-electron chi connectivity index (χ4n) is 2.25. The van der Waals surface area contributed by atoms with Gasteiger partial charge in [-0.1, -0.05) is 41.4 Å². The molecule has 0 saturated heterocycles. The van der Waals surface area contributed by atoms with E-state index in [2.05, 4.69) is 20.3 Å². The van der Waals surface area contributed by atoms with Gasteiger partial charge in [0.05, 0.1) is 0 Å². The van der Waals surface area contributed by atoms with Crippen LogP contribution in [0.4, 0.5) is 17.6 Å². The summed E-state index contributed by atoms with van der Waals surface area (Å²) >= 11 is 5.83. The third kappa shape index (κ3) is 5.78. The van der Waals surface area contributed by atoms with E-state index < -0.39 is 5.97 Å². The summed E-state index contributed by atoms with van der Waals surface area (Å²) in [5.41, 5.74) is 8.50. The van der Waals surface area contributed by atoms with E-state index in [4.69, 9.17) is 22.1 Å². The lowest BCUT2D eigenvalue weighted by atomic mass is 10.2. The lowest BCUT2D eigenvalue weighted by Crippen LogP contribution is -2.10. The van der Waals surface area contributed by atoms with Gasteiger partial charge in [-0.3, -0.25) is 0 Å². The van der Waals surface area contributed by atoms with E-state index in [-0.39, 0.29) is 24.3 Å². The van der Waals surface area contributed by atoms with Gasteiger partial charge in [-0.05, 0) is 42.8 Å². The van der Waals surface area contributed by atoms with Gasteiger partial charge in [-0.15, -0.1) is 0 Å². The highest BCUT2D eigenvalue weighted by Crippen LogP contribution is 2.15. The predicted octanol–water partition coefficient (Wildman–Crippen LogP) is 3.92. The standard InChI is InChI=1S/C20H18ClN5O2/c1-13-2-9-16(10-3-13)23-20-25-17(24-19(22)26-20)12-28-18(27)11-6-14-4-7-15(21)8-5-14/h2-11H,12H2,1H3,(H3,22,23,24,25,26)/b11-6+. The molecule has 0 fully saturated rings. The van der Waals surface area contributed by atoms with Crippen LogP contribution < -0.4 is 11.1 Å². The number of nitrogen functional groups attached to an aromatic ring is 1. The maximum atomic E-state index is 11.9.